The average Bonchev–Trinajstić information content (AvgIpc) is 2.49. The third kappa shape index (κ3) is 3.50. The second-order valence-electron chi connectivity index (χ2n) is 4.60. The van der Waals surface area contributed by atoms with Gasteiger partial charge in [-0.15, -0.1) is 0 Å². The third-order valence-corrected chi connectivity index (χ3v) is 3.66. The van der Waals surface area contributed by atoms with E-state index in [1.54, 1.807) is 12.1 Å². The van der Waals surface area contributed by atoms with Gasteiger partial charge in [-0.3, -0.25) is 0 Å². The molecular weight excluding hydrogens is 287 g/mol. The summed E-state index contributed by atoms with van der Waals surface area (Å²) in [6, 6.07) is 4.83. The molecule has 1 aliphatic rings. The summed E-state index contributed by atoms with van der Waals surface area (Å²) in [6.07, 6.45) is 2.41. The minimum absolute atomic E-state index is 0.258. The number of hydrogen-bond acceptors (Lipinski definition) is 2. The van der Waals surface area contributed by atoms with Gasteiger partial charge in [-0.1, -0.05) is 15.9 Å². The van der Waals surface area contributed by atoms with Crippen LogP contribution in [-0.2, 0) is 11.2 Å². The van der Waals surface area contributed by atoms with E-state index in [1.807, 2.05) is 0 Å². The highest BCUT2D eigenvalue weighted by Gasteiger charge is 2.29. The van der Waals surface area contributed by atoms with Crippen molar-refractivity contribution >= 4 is 15.9 Å². The highest BCUT2D eigenvalue weighted by Crippen LogP contribution is 2.27. The Kier molecular flexibility index (Phi) is 4.17. The average molecular weight is 303 g/mol. The molecule has 1 saturated heterocycles. The minimum Gasteiger partial charge on any atom is -0.389 e. The number of benzene rings is 1. The van der Waals surface area contributed by atoms with Crippen LogP contribution in [0.4, 0.5) is 4.39 Å². The van der Waals surface area contributed by atoms with E-state index in [4.69, 9.17) is 4.74 Å². The molecule has 0 spiro atoms. The van der Waals surface area contributed by atoms with Gasteiger partial charge in [0.15, 0.2) is 0 Å². The van der Waals surface area contributed by atoms with Gasteiger partial charge in [0.05, 0.1) is 5.60 Å². The van der Waals surface area contributed by atoms with Crippen molar-refractivity contribution in [3.8, 4) is 0 Å². The second-order valence-corrected chi connectivity index (χ2v) is 5.52. The Morgan fingerprint density at radius 3 is 3.00 bits per heavy atom. The quantitative estimate of drug-likeness (QED) is 0.910. The van der Waals surface area contributed by atoms with Crippen molar-refractivity contribution in [2.75, 3.05) is 13.2 Å². The molecule has 1 N–H and O–H groups in total. The maximum absolute atomic E-state index is 13.6. The number of hydrogen-bond donors (Lipinski definition) is 1. The molecule has 1 aromatic carbocycles. The van der Waals surface area contributed by atoms with E-state index in [0.29, 0.717) is 38.0 Å². The molecule has 0 saturated carbocycles. The smallest absolute Gasteiger partial charge is 0.126 e. The molecule has 1 fully saturated rings. The lowest BCUT2D eigenvalue weighted by Crippen LogP contribution is -2.32. The molecule has 0 aromatic heterocycles. The Labute approximate surface area is 109 Å². The Morgan fingerprint density at radius 1 is 1.35 bits per heavy atom. The van der Waals surface area contributed by atoms with Gasteiger partial charge in [0.1, 0.15) is 5.82 Å². The standard InChI is InChI=1S/C13H16BrFO2/c14-11-2-3-12(15)10(8-11)9-13(16)4-1-6-17-7-5-13/h2-3,8,16H,1,4-7,9H2. The summed E-state index contributed by atoms with van der Waals surface area (Å²) in [4.78, 5) is 0. The Bertz CT molecular complexity index is 387. The van der Waals surface area contributed by atoms with Crippen molar-refractivity contribution in [2.45, 2.75) is 31.3 Å². The molecule has 0 bridgehead atoms. The zero-order valence-corrected chi connectivity index (χ0v) is 11.2. The van der Waals surface area contributed by atoms with Crippen LogP contribution in [0.15, 0.2) is 22.7 Å². The van der Waals surface area contributed by atoms with Gasteiger partial charge in [-0.05, 0) is 43.0 Å². The Morgan fingerprint density at radius 2 is 2.18 bits per heavy atom. The lowest BCUT2D eigenvalue weighted by atomic mass is 9.87. The molecule has 2 rings (SSSR count). The molecule has 0 aliphatic carbocycles. The largest absolute Gasteiger partial charge is 0.389 e. The summed E-state index contributed by atoms with van der Waals surface area (Å²) in [5.74, 6) is -0.258. The molecule has 1 aliphatic heterocycles. The van der Waals surface area contributed by atoms with Crippen molar-refractivity contribution in [3.05, 3.63) is 34.1 Å². The topological polar surface area (TPSA) is 29.5 Å². The fourth-order valence-electron chi connectivity index (χ4n) is 2.20. The normalized spacial score (nSPS) is 25.6. The van der Waals surface area contributed by atoms with Gasteiger partial charge in [0.25, 0.3) is 0 Å². The van der Waals surface area contributed by atoms with Crippen LogP contribution >= 0.6 is 15.9 Å². The van der Waals surface area contributed by atoms with Crippen LogP contribution in [0.5, 0.6) is 0 Å². The molecule has 94 valence electrons. The molecule has 2 nitrogen and oxygen atoms in total. The third-order valence-electron chi connectivity index (χ3n) is 3.17. The molecule has 0 amide bonds. The highest BCUT2D eigenvalue weighted by molar-refractivity contribution is 9.10. The predicted octanol–water partition coefficient (Wildman–Crippen LogP) is 3.06. The van der Waals surface area contributed by atoms with Gasteiger partial charge in [0.2, 0.25) is 0 Å². The van der Waals surface area contributed by atoms with Gasteiger partial charge in [0, 0.05) is 24.1 Å². The van der Waals surface area contributed by atoms with E-state index >= 15 is 0 Å². The molecule has 0 radical (unpaired) electrons. The van der Waals surface area contributed by atoms with E-state index in [0.717, 1.165) is 10.9 Å². The first-order valence-corrected chi connectivity index (χ1v) is 6.62. The van der Waals surface area contributed by atoms with Crippen molar-refractivity contribution in [3.63, 3.8) is 0 Å². The Balaban J connectivity index is 2.15. The van der Waals surface area contributed by atoms with Gasteiger partial charge in [-0.2, -0.15) is 0 Å². The van der Waals surface area contributed by atoms with Gasteiger partial charge >= 0.3 is 0 Å². The van der Waals surface area contributed by atoms with Crippen LogP contribution in [0.1, 0.15) is 24.8 Å². The van der Waals surface area contributed by atoms with Gasteiger partial charge in [-0.25, -0.2) is 4.39 Å². The SMILES string of the molecule is OC1(Cc2cc(Br)ccc2F)CCCOCC1. The van der Waals surface area contributed by atoms with Crippen LogP contribution in [0.25, 0.3) is 0 Å². The lowest BCUT2D eigenvalue weighted by Gasteiger charge is -2.26. The zero-order valence-electron chi connectivity index (χ0n) is 9.59. The Hall–Kier alpha value is -0.450. The molecule has 1 heterocycles. The zero-order chi connectivity index (χ0) is 12.3. The van der Waals surface area contributed by atoms with Crippen molar-refractivity contribution in [1.82, 2.24) is 0 Å². The first-order valence-electron chi connectivity index (χ1n) is 5.83. The number of ether oxygens (including phenoxy) is 1. The fourth-order valence-corrected chi connectivity index (χ4v) is 2.61. The maximum Gasteiger partial charge on any atom is 0.126 e. The minimum atomic E-state index is -0.835. The molecule has 1 aromatic rings. The number of aliphatic hydroxyl groups is 1. The van der Waals surface area contributed by atoms with Crippen molar-refractivity contribution < 1.29 is 14.2 Å². The van der Waals surface area contributed by atoms with E-state index in [-0.39, 0.29) is 5.82 Å². The monoisotopic (exact) mass is 302 g/mol. The van der Waals surface area contributed by atoms with Crippen LogP contribution in [-0.4, -0.2) is 23.9 Å². The van der Waals surface area contributed by atoms with Crippen LogP contribution in [0, 0.1) is 5.82 Å². The molecule has 17 heavy (non-hydrogen) atoms. The van der Waals surface area contributed by atoms with Crippen LogP contribution < -0.4 is 0 Å². The highest BCUT2D eigenvalue weighted by atomic mass is 79.9. The number of rotatable bonds is 2. The van der Waals surface area contributed by atoms with E-state index < -0.39 is 5.60 Å². The summed E-state index contributed by atoms with van der Waals surface area (Å²) in [6.45, 7) is 1.23. The van der Waals surface area contributed by atoms with Crippen molar-refractivity contribution in [2.24, 2.45) is 0 Å². The molecule has 1 atom stereocenters. The summed E-state index contributed by atoms with van der Waals surface area (Å²) in [7, 11) is 0. The van der Waals surface area contributed by atoms with Gasteiger partial charge < -0.3 is 9.84 Å². The summed E-state index contributed by atoms with van der Waals surface area (Å²) in [5.41, 5.74) is -0.276. The van der Waals surface area contributed by atoms with Crippen molar-refractivity contribution in [1.29, 1.82) is 0 Å². The molecular formula is C13H16BrFO2. The second kappa shape index (κ2) is 5.46. The van der Waals surface area contributed by atoms with Crippen LogP contribution in [0.3, 0.4) is 0 Å². The number of halogens is 2. The first-order chi connectivity index (χ1) is 8.09. The predicted molar refractivity (Wildman–Crippen MR) is 67.4 cm³/mol. The summed E-state index contributed by atoms with van der Waals surface area (Å²) >= 11 is 3.32. The van der Waals surface area contributed by atoms with E-state index in [2.05, 4.69) is 15.9 Å². The van der Waals surface area contributed by atoms with E-state index in [9.17, 15) is 9.50 Å². The summed E-state index contributed by atoms with van der Waals surface area (Å²) in [5, 5.41) is 10.5. The van der Waals surface area contributed by atoms with E-state index in [1.165, 1.54) is 6.07 Å². The fraction of sp³-hybridized carbons (Fsp3) is 0.538. The molecule has 4 heteroatoms. The maximum atomic E-state index is 13.6. The lowest BCUT2D eigenvalue weighted by molar-refractivity contribution is 0.0181. The molecule has 1 unspecified atom stereocenters. The summed E-state index contributed by atoms with van der Waals surface area (Å²) < 4.78 is 19.8. The van der Waals surface area contributed by atoms with Crippen LogP contribution in [0.2, 0.25) is 0 Å². The first kappa shape index (κ1) is 13.0.